The fraction of sp³-hybridized carbons (Fsp3) is 0.929. The van der Waals surface area contributed by atoms with E-state index in [1.165, 1.54) is 0 Å². The van der Waals surface area contributed by atoms with E-state index >= 15 is 0 Å². The van der Waals surface area contributed by atoms with Crippen LogP contribution >= 0.6 is 0 Å². The first-order chi connectivity index (χ1) is 9.78. The standard InChI is InChI=1S/C14H27N3O3/c18-9-8-16-4-1-5-17(7-6-16)12-14(19)15-13-2-10-20-11-3-13/h13,18H,1-12H2,(H,15,19). The van der Waals surface area contributed by atoms with Crippen molar-refractivity contribution in [3.63, 3.8) is 0 Å². The highest BCUT2D eigenvalue weighted by Gasteiger charge is 2.19. The summed E-state index contributed by atoms with van der Waals surface area (Å²) in [6.45, 7) is 6.76. The van der Waals surface area contributed by atoms with Crippen LogP contribution in [0.25, 0.3) is 0 Å². The molecule has 2 rings (SSSR count). The van der Waals surface area contributed by atoms with E-state index in [-0.39, 0.29) is 18.6 Å². The average molecular weight is 285 g/mol. The molecule has 0 spiro atoms. The van der Waals surface area contributed by atoms with Crippen molar-refractivity contribution in [2.45, 2.75) is 25.3 Å². The van der Waals surface area contributed by atoms with Crippen LogP contribution in [0.1, 0.15) is 19.3 Å². The highest BCUT2D eigenvalue weighted by Crippen LogP contribution is 2.07. The summed E-state index contributed by atoms with van der Waals surface area (Å²) >= 11 is 0. The lowest BCUT2D eigenvalue weighted by Crippen LogP contribution is -2.45. The van der Waals surface area contributed by atoms with Crippen LogP contribution in [0.4, 0.5) is 0 Å². The molecule has 2 fully saturated rings. The number of aliphatic hydroxyl groups is 1. The van der Waals surface area contributed by atoms with E-state index < -0.39 is 0 Å². The molecule has 2 heterocycles. The molecule has 0 saturated carbocycles. The lowest BCUT2D eigenvalue weighted by atomic mass is 10.1. The van der Waals surface area contributed by atoms with Gasteiger partial charge in [0.25, 0.3) is 0 Å². The largest absolute Gasteiger partial charge is 0.395 e. The molecule has 0 radical (unpaired) electrons. The molecule has 2 aliphatic rings. The monoisotopic (exact) mass is 285 g/mol. The second-order valence-corrected chi connectivity index (χ2v) is 5.65. The van der Waals surface area contributed by atoms with Crippen LogP contribution in [-0.4, -0.2) is 85.9 Å². The molecule has 6 nitrogen and oxygen atoms in total. The minimum atomic E-state index is 0.132. The van der Waals surface area contributed by atoms with Crippen molar-refractivity contribution < 1.29 is 14.6 Å². The fourth-order valence-corrected chi connectivity index (χ4v) is 2.87. The van der Waals surface area contributed by atoms with Crippen molar-refractivity contribution >= 4 is 5.91 Å². The summed E-state index contributed by atoms with van der Waals surface area (Å²) in [5.74, 6) is 0.132. The highest BCUT2D eigenvalue weighted by molar-refractivity contribution is 5.78. The Kier molecular flexibility index (Phi) is 6.72. The van der Waals surface area contributed by atoms with E-state index in [9.17, 15) is 4.79 Å². The number of nitrogens with one attached hydrogen (secondary N) is 1. The molecule has 20 heavy (non-hydrogen) atoms. The number of β-amino-alcohol motifs (C(OH)–C–C–N with tert-alkyl or cyclic N) is 1. The third-order valence-electron chi connectivity index (χ3n) is 4.05. The molecule has 0 aromatic carbocycles. The molecule has 0 aliphatic carbocycles. The van der Waals surface area contributed by atoms with Crippen LogP contribution in [0.15, 0.2) is 0 Å². The van der Waals surface area contributed by atoms with Crippen molar-refractivity contribution in [3.05, 3.63) is 0 Å². The summed E-state index contributed by atoms with van der Waals surface area (Å²) in [4.78, 5) is 16.5. The number of amides is 1. The van der Waals surface area contributed by atoms with Crippen LogP contribution in [-0.2, 0) is 9.53 Å². The molecule has 6 heteroatoms. The first-order valence-electron chi connectivity index (χ1n) is 7.70. The van der Waals surface area contributed by atoms with Gasteiger partial charge >= 0.3 is 0 Å². The SMILES string of the molecule is O=C(CN1CCCN(CCO)CC1)NC1CCOCC1. The lowest BCUT2D eigenvalue weighted by Gasteiger charge is -2.25. The Morgan fingerprint density at radius 1 is 1.15 bits per heavy atom. The zero-order valence-electron chi connectivity index (χ0n) is 12.2. The average Bonchev–Trinajstić information content (AvgIpc) is 2.66. The zero-order chi connectivity index (χ0) is 14.2. The molecule has 0 aromatic heterocycles. The van der Waals surface area contributed by atoms with Crippen molar-refractivity contribution in [1.29, 1.82) is 0 Å². The number of hydrogen-bond donors (Lipinski definition) is 2. The molecule has 0 atom stereocenters. The van der Waals surface area contributed by atoms with Gasteiger partial charge in [-0.25, -0.2) is 0 Å². The molecule has 116 valence electrons. The quantitative estimate of drug-likeness (QED) is 0.698. The van der Waals surface area contributed by atoms with Crippen LogP contribution in [0.5, 0.6) is 0 Å². The van der Waals surface area contributed by atoms with Crippen molar-refractivity contribution in [2.75, 3.05) is 59.1 Å². The van der Waals surface area contributed by atoms with Gasteiger partial charge in [0.2, 0.25) is 5.91 Å². The van der Waals surface area contributed by atoms with Gasteiger partial charge < -0.3 is 15.2 Å². The Hall–Kier alpha value is -0.690. The van der Waals surface area contributed by atoms with Crippen molar-refractivity contribution in [3.8, 4) is 0 Å². The fourth-order valence-electron chi connectivity index (χ4n) is 2.87. The predicted octanol–water partition coefficient (Wildman–Crippen LogP) is -0.718. The molecule has 1 amide bonds. The topological polar surface area (TPSA) is 65.0 Å². The van der Waals surface area contributed by atoms with Crippen LogP contribution < -0.4 is 5.32 Å². The summed E-state index contributed by atoms with van der Waals surface area (Å²) in [6, 6.07) is 0.286. The number of carbonyl (C=O) groups excluding carboxylic acids is 1. The van der Waals surface area contributed by atoms with E-state index in [1.54, 1.807) is 0 Å². The Bertz CT molecular complexity index is 295. The van der Waals surface area contributed by atoms with E-state index in [0.29, 0.717) is 6.54 Å². The minimum absolute atomic E-state index is 0.132. The molecule has 2 aliphatic heterocycles. The van der Waals surface area contributed by atoms with Gasteiger partial charge in [0.1, 0.15) is 0 Å². The summed E-state index contributed by atoms with van der Waals surface area (Å²) in [6.07, 6.45) is 2.91. The van der Waals surface area contributed by atoms with Gasteiger partial charge in [-0.15, -0.1) is 0 Å². The van der Waals surface area contributed by atoms with Gasteiger partial charge in [0.15, 0.2) is 0 Å². The van der Waals surface area contributed by atoms with E-state index in [4.69, 9.17) is 9.84 Å². The summed E-state index contributed by atoms with van der Waals surface area (Å²) in [7, 11) is 0. The number of nitrogens with zero attached hydrogens (tertiary/aromatic N) is 2. The van der Waals surface area contributed by atoms with Crippen LogP contribution in [0.3, 0.4) is 0 Å². The van der Waals surface area contributed by atoms with Gasteiger partial charge in [-0.05, 0) is 32.4 Å². The minimum Gasteiger partial charge on any atom is -0.395 e. The normalized spacial score (nSPS) is 23.4. The van der Waals surface area contributed by atoms with E-state index in [2.05, 4.69) is 15.1 Å². The van der Waals surface area contributed by atoms with E-state index in [1.807, 2.05) is 0 Å². The molecular formula is C14H27N3O3. The third kappa shape index (κ3) is 5.36. The predicted molar refractivity (Wildman–Crippen MR) is 76.6 cm³/mol. The number of aliphatic hydroxyl groups excluding tert-OH is 1. The van der Waals surface area contributed by atoms with Gasteiger partial charge in [0.05, 0.1) is 13.2 Å². The second-order valence-electron chi connectivity index (χ2n) is 5.65. The van der Waals surface area contributed by atoms with Gasteiger partial charge in [0, 0.05) is 38.9 Å². The summed E-state index contributed by atoms with van der Waals surface area (Å²) < 4.78 is 5.29. The maximum atomic E-state index is 12.1. The summed E-state index contributed by atoms with van der Waals surface area (Å²) in [5, 5.41) is 12.1. The van der Waals surface area contributed by atoms with E-state index in [0.717, 1.165) is 65.2 Å². The summed E-state index contributed by atoms with van der Waals surface area (Å²) in [5.41, 5.74) is 0. The van der Waals surface area contributed by atoms with Gasteiger partial charge in [-0.1, -0.05) is 0 Å². The Labute approximate surface area is 121 Å². The maximum Gasteiger partial charge on any atom is 0.234 e. The van der Waals surface area contributed by atoms with Gasteiger partial charge in [-0.3, -0.25) is 14.6 Å². The number of rotatable bonds is 5. The van der Waals surface area contributed by atoms with Crippen molar-refractivity contribution in [2.24, 2.45) is 0 Å². The molecule has 0 unspecified atom stereocenters. The number of ether oxygens (including phenoxy) is 1. The molecule has 0 aromatic rings. The van der Waals surface area contributed by atoms with Crippen molar-refractivity contribution in [1.82, 2.24) is 15.1 Å². The maximum absolute atomic E-state index is 12.1. The van der Waals surface area contributed by atoms with Crippen LogP contribution in [0.2, 0.25) is 0 Å². The Morgan fingerprint density at radius 3 is 2.60 bits per heavy atom. The third-order valence-corrected chi connectivity index (χ3v) is 4.05. The van der Waals surface area contributed by atoms with Crippen LogP contribution in [0, 0.1) is 0 Å². The smallest absolute Gasteiger partial charge is 0.234 e. The first-order valence-corrected chi connectivity index (χ1v) is 7.70. The lowest BCUT2D eigenvalue weighted by molar-refractivity contribution is -0.123. The molecular weight excluding hydrogens is 258 g/mol. The molecule has 2 N–H and O–H groups in total. The first kappa shape index (κ1) is 15.7. The zero-order valence-corrected chi connectivity index (χ0v) is 12.2. The number of carbonyl (C=O) groups is 1. The molecule has 0 bridgehead atoms. The molecule has 2 saturated heterocycles. The second kappa shape index (κ2) is 8.56. The Morgan fingerprint density at radius 2 is 1.85 bits per heavy atom. The highest BCUT2D eigenvalue weighted by atomic mass is 16.5. The number of hydrogen-bond acceptors (Lipinski definition) is 5. The Balaban J connectivity index is 1.68. The van der Waals surface area contributed by atoms with Gasteiger partial charge in [-0.2, -0.15) is 0 Å².